The molecule has 8 heteroatoms. The number of fused-ring (bicyclic) bond motifs is 4. The molecular formula is C23H32N6O2. The highest BCUT2D eigenvalue weighted by Gasteiger charge is 2.36. The van der Waals surface area contributed by atoms with E-state index in [1.165, 1.54) is 5.69 Å². The van der Waals surface area contributed by atoms with E-state index in [9.17, 15) is 9.59 Å². The van der Waals surface area contributed by atoms with Crippen molar-refractivity contribution in [1.82, 2.24) is 29.0 Å². The van der Waals surface area contributed by atoms with Gasteiger partial charge < -0.3 is 14.4 Å². The Bertz CT molecular complexity index is 1050. The van der Waals surface area contributed by atoms with Crippen LogP contribution in [0.2, 0.25) is 0 Å². The van der Waals surface area contributed by atoms with Gasteiger partial charge in [0.2, 0.25) is 0 Å². The van der Waals surface area contributed by atoms with Crippen molar-refractivity contribution in [1.29, 1.82) is 0 Å². The molecule has 2 bridgehead atoms. The second kappa shape index (κ2) is 7.91. The number of piperazine rings is 1. The lowest BCUT2D eigenvalue weighted by Crippen LogP contribution is -2.50. The molecule has 2 saturated heterocycles. The Hall–Kier alpha value is -2.45. The summed E-state index contributed by atoms with van der Waals surface area (Å²) in [4.78, 5) is 32.8. The van der Waals surface area contributed by atoms with Crippen LogP contribution in [0.1, 0.15) is 39.8 Å². The minimum Gasteiger partial charge on any atom is -0.336 e. The van der Waals surface area contributed by atoms with Crippen LogP contribution < -0.4 is 5.56 Å². The van der Waals surface area contributed by atoms with Gasteiger partial charge in [0.15, 0.2) is 0 Å². The van der Waals surface area contributed by atoms with Gasteiger partial charge in [0.25, 0.3) is 11.5 Å². The Labute approximate surface area is 183 Å². The number of rotatable bonds is 3. The normalized spacial score (nSPS) is 24.3. The largest absolute Gasteiger partial charge is 0.336 e. The summed E-state index contributed by atoms with van der Waals surface area (Å²) in [6.07, 6.45) is 1.12. The summed E-state index contributed by atoms with van der Waals surface area (Å²) in [5, 5.41) is 4.47. The molecule has 8 nitrogen and oxygen atoms in total. The first kappa shape index (κ1) is 20.5. The minimum atomic E-state index is -0.114. The second-order valence-corrected chi connectivity index (χ2v) is 9.58. The maximum Gasteiger partial charge on any atom is 0.263 e. The van der Waals surface area contributed by atoms with Gasteiger partial charge in [0, 0.05) is 71.0 Å². The maximum atomic E-state index is 13.3. The van der Waals surface area contributed by atoms with Crippen molar-refractivity contribution in [2.24, 2.45) is 13.0 Å². The fourth-order valence-electron chi connectivity index (χ4n) is 5.56. The van der Waals surface area contributed by atoms with Crippen LogP contribution >= 0.6 is 0 Å². The van der Waals surface area contributed by atoms with Crippen LogP contribution in [0.5, 0.6) is 0 Å². The van der Waals surface area contributed by atoms with E-state index in [-0.39, 0.29) is 11.5 Å². The lowest BCUT2D eigenvalue weighted by atomic mass is 9.83. The van der Waals surface area contributed by atoms with E-state index in [2.05, 4.69) is 28.0 Å². The summed E-state index contributed by atoms with van der Waals surface area (Å²) in [7, 11) is 4.06. The van der Waals surface area contributed by atoms with Crippen LogP contribution in [0.4, 0.5) is 0 Å². The molecule has 0 aliphatic carbocycles. The molecule has 0 aromatic carbocycles. The number of pyridine rings is 1. The number of carbonyl (C=O) groups is 1. The summed E-state index contributed by atoms with van der Waals surface area (Å²) >= 11 is 0. The fourth-order valence-corrected chi connectivity index (χ4v) is 5.56. The molecule has 3 aliphatic heterocycles. The highest BCUT2D eigenvalue weighted by Crippen LogP contribution is 2.35. The number of likely N-dealkylation sites (tertiary alicyclic amines) is 1. The highest BCUT2D eigenvalue weighted by molar-refractivity contribution is 5.94. The number of aromatic nitrogens is 3. The summed E-state index contributed by atoms with van der Waals surface area (Å²) in [5.74, 6) is 0.659. The molecule has 0 spiro atoms. The van der Waals surface area contributed by atoms with Gasteiger partial charge in [-0.3, -0.25) is 19.2 Å². The summed E-state index contributed by atoms with van der Waals surface area (Å²) in [6.45, 7) is 8.61. The molecule has 2 atom stereocenters. The number of hydrogen-bond acceptors (Lipinski definition) is 5. The molecule has 5 rings (SSSR count). The van der Waals surface area contributed by atoms with Crippen LogP contribution in [0.15, 0.2) is 23.0 Å². The molecule has 0 saturated carbocycles. The van der Waals surface area contributed by atoms with Gasteiger partial charge in [-0.2, -0.15) is 5.10 Å². The van der Waals surface area contributed by atoms with Crippen molar-refractivity contribution < 1.29 is 4.79 Å². The first-order valence-corrected chi connectivity index (χ1v) is 11.3. The molecule has 0 N–H and O–H groups in total. The summed E-state index contributed by atoms with van der Waals surface area (Å²) in [5.41, 5.74) is 3.58. The highest BCUT2D eigenvalue weighted by atomic mass is 16.2. The molecule has 2 fully saturated rings. The first-order chi connectivity index (χ1) is 14.9. The molecule has 2 aromatic rings. The predicted molar refractivity (Wildman–Crippen MR) is 118 cm³/mol. The average molecular weight is 425 g/mol. The standard InChI is InChI=1S/C23H32N6O2/c1-16-10-19(26(3)24-16)15-27-12-17-11-18(14-27)21-5-4-20(23(31)29(21)13-17)22(30)28-8-6-25(2)7-9-28/h4-5,10,17-18H,6-9,11-15H2,1-3H3/t17-,18+/m0/s1. The zero-order valence-corrected chi connectivity index (χ0v) is 18.8. The number of piperidine rings is 1. The SMILES string of the molecule is Cc1cc(CN2C[C@@H]3C[C@H](C2)c2ccc(C(=O)N4CCN(C)CC4)c(=O)n2C3)n(C)n1. The third-order valence-corrected chi connectivity index (χ3v) is 7.19. The van der Waals surface area contributed by atoms with E-state index >= 15 is 0 Å². The van der Waals surface area contributed by atoms with E-state index in [1.54, 1.807) is 6.07 Å². The summed E-state index contributed by atoms with van der Waals surface area (Å²) in [6, 6.07) is 5.96. The van der Waals surface area contributed by atoms with Crippen LogP contribution in [0.3, 0.4) is 0 Å². The number of nitrogens with zero attached hydrogens (tertiary/aromatic N) is 6. The van der Waals surface area contributed by atoms with Gasteiger partial charge in [-0.15, -0.1) is 0 Å². The van der Waals surface area contributed by atoms with Gasteiger partial charge >= 0.3 is 0 Å². The lowest BCUT2D eigenvalue weighted by Gasteiger charge is -2.43. The maximum absolute atomic E-state index is 13.3. The minimum absolute atomic E-state index is 0.105. The van der Waals surface area contributed by atoms with Gasteiger partial charge in [0.1, 0.15) is 5.56 Å². The lowest BCUT2D eigenvalue weighted by molar-refractivity contribution is 0.0659. The van der Waals surface area contributed by atoms with E-state index < -0.39 is 0 Å². The van der Waals surface area contributed by atoms with Gasteiger partial charge in [-0.05, 0) is 44.5 Å². The Balaban J connectivity index is 1.36. The molecular weight excluding hydrogens is 392 g/mol. The number of aryl methyl sites for hydroxylation is 2. The number of amides is 1. The summed E-state index contributed by atoms with van der Waals surface area (Å²) < 4.78 is 3.86. The van der Waals surface area contributed by atoms with Crippen molar-refractivity contribution in [3.05, 3.63) is 51.2 Å². The molecule has 0 radical (unpaired) electrons. The van der Waals surface area contributed by atoms with Crippen LogP contribution in [0.25, 0.3) is 0 Å². The number of hydrogen-bond donors (Lipinski definition) is 0. The van der Waals surface area contributed by atoms with Crippen molar-refractivity contribution in [3.8, 4) is 0 Å². The third-order valence-electron chi connectivity index (χ3n) is 7.19. The molecule has 5 heterocycles. The Kier molecular flexibility index (Phi) is 5.22. The zero-order chi connectivity index (χ0) is 21.7. The zero-order valence-electron chi connectivity index (χ0n) is 18.8. The third kappa shape index (κ3) is 3.83. The molecule has 166 valence electrons. The molecule has 1 amide bonds. The van der Waals surface area contributed by atoms with E-state index in [0.717, 1.165) is 50.5 Å². The van der Waals surface area contributed by atoms with Crippen LogP contribution in [-0.2, 0) is 20.1 Å². The van der Waals surface area contributed by atoms with Gasteiger partial charge in [0.05, 0.1) is 11.4 Å². The van der Waals surface area contributed by atoms with Crippen molar-refractivity contribution >= 4 is 5.91 Å². The molecule has 3 aliphatic rings. The van der Waals surface area contributed by atoms with Crippen molar-refractivity contribution in [3.63, 3.8) is 0 Å². The first-order valence-electron chi connectivity index (χ1n) is 11.3. The molecule has 2 aromatic heterocycles. The number of carbonyl (C=O) groups excluding carboxylic acids is 1. The predicted octanol–water partition coefficient (Wildman–Crippen LogP) is 0.897. The van der Waals surface area contributed by atoms with E-state index in [4.69, 9.17) is 0 Å². The van der Waals surface area contributed by atoms with E-state index in [0.29, 0.717) is 37.0 Å². The number of likely N-dealkylation sites (N-methyl/N-ethyl adjacent to an activating group) is 1. The van der Waals surface area contributed by atoms with Crippen molar-refractivity contribution in [2.75, 3.05) is 46.3 Å². The smallest absolute Gasteiger partial charge is 0.263 e. The Morgan fingerprint density at radius 1 is 1.10 bits per heavy atom. The quantitative estimate of drug-likeness (QED) is 0.732. The second-order valence-electron chi connectivity index (χ2n) is 9.58. The topological polar surface area (TPSA) is 66.6 Å². The fraction of sp³-hybridized carbons (Fsp3) is 0.609. The van der Waals surface area contributed by atoms with E-state index in [1.807, 2.05) is 34.2 Å². The van der Waals surface area contributed by atoms with Gasteiger partial charge in [-0.1, -0.05) is 0 Å². The van der Waals surface area contributed by atoms with Crippen molar-refractivity contribution in [2.45, 2.75) is 32.4 Å². The van der Waals surface area contributed by atoms with Crippen LogP contribution in [0, 0.1) is 12.8 Å². The van der Waals surface area contributed by atoms with Gasteiger partial charge in [-0.25, -0.2) is 0 Å². The molecule has 31 heavy (non-hydrogen) atoms. The monoisotopic (exact) mass is 424 g/mol. The Morgan fingerprint density at radius 3 is 2.58 bits per heavy atom. The average Bonchev–Trinajstić information content (AvgIpc) is 3.05. The Morgan fingerprint density at radius 2 is 1.87 bits per heavy atom. The molecule has 0 unspecified atom stereocenters. The van der Waals surface area contributed by atoms with Crippen LogP contribution in [-0.4, -0.2) is 81.3 Å².